The fourth-order valence-corrected chi connectivity index (χ4v) is 2.41. The van der Waals surface area contributed by atoms with Crippen LogP contribution in [-0.2, 0) is 11.2 Å². The second-order valence-corrected chi connectivity index (χ2v) is 5.64. The highest BCUT2D eigenvalue weighted by atomic mass is 35.5. The molecule has 1 N–H and O–H groups in total. The minimum atomic E-state index is -0.0849. The van der Waals surface area contributed by atoms with Crippen LogP contribution in [0.15, 0.2) is 42.5 Å². The quantitative estimate of drug-likeness (QED) is 0.819. The van der Waals surface area contributed by atoms with E-state index in [1.165, 1.54) is 0 Å². The summed E-state index contributed by atoms with van der Waals surface area (Å²) in [5.74, 6) is -0.0849. The standard InChI is InChI=1S/C15H12Cl3NO/c16-11-4-1-10(2-5-11)3-6-15(20)19-14-8-12(17)7-13(18)9-14/h1-2,4-5,7-9H,3,6H2,(H,19,20). The Morgan fingerprint density at radius 2 is 1.50 bits per heavy atom. The summed E-state index contributed by atoms with van der Waals surface area (Å²) in [6.07, 6.45) is 1.03. The van der Waals surface area contributed by atoms with Crippen LogP contribution in [0.1, 0.15) is 12.0 Å². The fraction of sp³-hybridized carbons (Fsp3) is 0.133. The Bertz CT molecular complexity index is 591. The van der Waals surface area contributed by atoms with Crippen molar-refractivity contribution in [3.63, 3.8) is 0 Å². The first kappa shape index (κ1) is 15.2. The van der Waals surface area contributed by atoms with Gasteiger partial charge in [-0.25, -0.2) is 0 Å². The van der Waals surface area contributed by atoms with Crippen molar-refractivity contribution in [3.05, 3.63) is 63.1 Å². The average Bonchev–Trinajstić information content (AvgIpc) is 2.37. The summed E-state index contributed by atoms with van der Waals surface area (Å²) >= 11 is 17.6. The van der Waals surface area contributed by atoms with Gasteiger partial charge in [0.05, 0.1) is 0 Å². The highest BCUT2D eigenvalue weighted by Gasteiger charge is 2.05. The van der Waals surface area contributed by atoms with Crippen molar-refractivity contribution < 1.29 is 4.79 Å². The lowest BCUT2D eigenvalue weighted by Crippen LogP contribution is -2.12. The molecular formula is C15H12Cl3NO. The second-order valence-electron chi connectivity index (χ2n) is 4.33. The summed E-state index contributed by atoms with van der Waals surface area (Å²) in [5.41, 5.74) is 1.66. The molecule has 2 aromatic carbocycles. The third-order valence-electron chi connectivity index (χ3n) is 2.70. The highest BCUT2D eigenvalue weighted by Crippen LogP contribution is 2.22. The van der Waals surface area contributed by atoms with Crippen LogP contribution in [0.2, 0.25) is 15.1 Å². The Balaban J connectivity index is 1.90. The van der Waals surface area contributed by atoms with Gasteiger partial charge in [-0.2, -0.15) is 0 Å². The van der Waals surface area contributed by atoms with E-state index in [2.05, 4.69) is 5.32 Å². The number of hydrogen-bond donors (Lipinski definition) is 1. The molecule has 0 saturated heterocycles. The van der Waals surface area contributed by atoms with Crippen molar-refractivity contribution in [1.82, 2.24) is 0 Å². The monoisotopic (exact) mass is 327 g/mol. The first-order chi connectivity index (χ1) is 9.52. The summed E-state index contributed by atoms with van der Waals surface area (Å²) in [6, 6.07) is 12.4. The van der Waals surface area contributed by atoms with Crippen LogP contribution in [0.4, 0.5) is 5.69 Å². The predicted octanol–water partition coefficient (Wildman–Crippen LogP) is 5.22. The Labute approximate surface area is 132 Å². The Hall–Kier alpha value is -1.22. The van der Waals surface area contributed by atoms with Crippen molar-refractivity contribution in [2.24, 2.45) is 0 Å². The first-order valence-electron chi connectivity index (χ1n) is 6.03. The SMILES string of the molecule is O=C(CCc1ccc(Cl)cc1)Nc1cc(Cl)cc(Cl)c1. The molecule has 0 aliphatic carbocycles. The first-order valence-corrected chi connectivity index (χ1v) is 7.17. The zero-order valence-corrected chi connectivity index (χ0v) is 12.8. The third kappa shape index (κ3) is 4.71. The molecule has 0 heterocycles. The van der Waals surface area contributed by atoms with Crippen LogP contribution in [0.5, 0.6) is 0 Å². The van der Waals surface area contributed by atoms with Crippen LogP contribution in [-0.4, -0.2) is 5.91 Å². The molecular weight excluding hydrogens is 317 g/mol. The number of carbonyl (C=O) groups excluding carboxylic acids is 1. The number of nitrogens with one attached hydrogen (secondary N) is 1. The maximum atomic E-state index is 11.9. The lowest BCUT2D eigenvalue weighted by atomic mass is 10.1. The van der Waals surface area contributed by atoms with Crippen molar-refractivity contribution in [2.45, 2.75) is 12.8 Å². The van der Waals surface area contributed by atoms with Gasteiger partial charge in [0.25, 0.3) is 0 Å². The summed E-state index contributed by atoms with van der Waals surface area (Å²) in [4.78, 5) is 11.9. The van der Waals surface area contributed by atoms with Gasteiger partial charge in [0.2, 0.25) is 5.91 Å². The van der Waals surface area contributed by atoms with E-state index in [0.717, 1.165) is 5.56 Å². The van der Waals surface area contributed by atoms with Gasteiger partial charge in [0.15, 0.2) is 0 Å². The molecule has 2 aromatic rings. The number of halogens is 3. The van der Waals surface area contributed by atoms with Gasteiger partial charge < -0.3 is 5.32 Å². The van der Waals surface area contributed by atoms with Crippen molar-refractivity contribution in [1.29, 1.82) is 0 Å². The Kier molecular flexibility index (Phi) is 5.30. The molecule has 0 radical (unpaired) electrons. The third-order valence-corrected chi connectivity index (χ3v) is 3.39. The minimum absolute atomic E-state index is 0.0849. The molecule has 0 unspecified atom stereocenters. The number of rotatable bonds is 4. The van der Waals surface area contributed by atoms with Gasteiger partial charge in [-0.3, -0.25) is 4.79 Å². The van der Waals surface area contributed by atoms with E-state index < -0.39 is 0 Å². The van der Waals surface area contributed by atoms with E-state index in [0.29, 0.717) is 33.6 Å². The summed E-state index contributed by atoms with van der Waals surface area (Å²) in [7, 11) is 0. The van der Waals surface area contributed by atoms with E-state index in [4.69, 9.17) is 34.8 Å². The molecule has 0 bridgehead atoms. The van der Waals surface area contributed by atoms with E-state index in [1.807, 2.05) is 24.3 Å². The summed E-state index contributed by atoms with van der Waals surface area (Å²) in [5, 5.41) is 4.44. The summed E-state index contributed by atoms with van der Waals surface area (Å²) < 4.78 is 0. The van der Waals surface area contributed by atoms with Crippen LogP contribution < -0.4 is 5.32 Å². The van der Waals surface area contributed by atoms with Gasteiger partial charge in [0.1, 0.15) is 0 Å². The van der Waals surface area contributed by atoms with Crippen molar-refractivity contribution in [2.75, 3.05) is 5.32 Å². The minimum Gasteiger partial charge on any atom is -0.326 e. The lowest BCUT2D eigenvalue weighted by Gasteiger charge is -2.06. The van der Waals surface area contributed by atoms with Gasteiger partial charge in [-0.15, -0.1) is 0 Å². The molecule has 1 amide bonds. The van der Waals surface area contributed by atoms with Crippen molar-refractivity contribution >= 4 is 46.4 Å². The van der Waals surface area contributed by atoms with Gasteiger partial charge in [-0.1, -0.05) is 46.9 Å². The highest BCUT2D eigenvalue weighted by molar-refractivity contribution is 6.35. The van der Waals surface area contributed by atoms with E-state index >= 15 is 0 Å². The summed E-state index contributed by atoms with van der Waals surface area (Å²) in [6.45, 7) is 0. The molecule has 0 aliphatic rings. The number of amides is 1. The van der Waals surface area contributed by atoms with E-state index in [1.54, 1.807) is 18.2 Å². The lowest BCUT2D eigenvalue weighted by molar-refractivity contribution is -0.116. The number of aryl methyl sites for hydroxylation is 1. The van der Waals surface area contributed by atoms with Crippen LogP contribution in [0.25, 0.3) is 0 Å². The molecule has 2 rings (SSSR count). The smallest absolute Gasteiger partial charge is 0.224 e. The Morgan fingerprint density at radius 3 is 2.10 bits per heavy atom. The molecule has 5 heteroatoms. The topological polar surface area (TPSA) is 29.1 Å². The number of hydrogen-bond acceptors (Lipinski definition) is 1. The van der Waals surface area contributed by atoms with E-state index in [-0.39, 0.29) is 5.91 Å². The maximum Gasteiger partial charge on any atom is 0.224 e. The second kappa shape index (κ2) is 6.98. The molecule has 0 atom stereocenters. The predicted molar refractivity (Wildman–Crippen MR) is 84.9 cm³/mol. The molecule has 0 aromatic heterocycles. The van der Waals surface area contributed by atoms with Crippen LogP contribution in [0.3, 0.4) is 0 Å². The molecule has 0 spiro atoms. The van der Waals surface area contributed by atoms with Gasteiger partial charge >= 0.3 is 0 Å². The van der Waals surface area contributed by atoms with Gasteiger partial charge in [0, 0.05) is 27.2 Å². The van der Waals surface area contributed by atoms with E-state index in [9.17, 15) is 4.79 Å². The van der Waals surface area contributed by atoms with Crippen molar-refractivity contribution in [3.8, 4) is 0 Å². The zero-order chi connectivity index (χ0) is 14.5. The van der Waals surface area contributed by atoms with Crippen LogP contribution in [0, 0.1) is 0 Å². The molecule has 20 heavy (non-hydrogen) atoms. The molecule has 0 aliphatic heterocycles. The van der Waals surface area contributed by atoms with Crippen LogP contribution >= 0.6 is 34.8 Å². The normalized spacial score (nSPS) is 10.3. The average molecular weight is 329 g/mol. The molecule has 0 saturated carbocycles. The molecule has 2 nitrogen and oxygen atoms in total. The largest absolute Gasteiger partial charge is 0.326 e. The Morgan fingerprint density at radius 1 is 0.900 bits per heavy atom. The maximum absolute atomic E-state index is 11.9. The van der Waals surface area contributed by atoms with Gasteiger partial charge in [-0.05, 0) is 42.3 Å². The zero-order valence-electron chi connectivity index (χ0n) is 10.5. The molecule has 0 fully saturated rings. The number of benzene rings is 2. The fourth-order valence-electron chi connectivity index (χ4n) is 1.76. The molecule has 104 valence electrons. The number of anilines is 1. The number of carbonyl (C=O) groups is 1.